The van der Waals surface area contributed by atoms with Gasteiger partial charge in [0.15, 0.2) is 0 Å². The summed E-state index contributed by atoms with van der Waals surface area (Å²) < 4.78 is 20.7. The van der Waals surface area contributed by atoms with Crippen molar-refractivity contribution in [1.29, 1.82) is 0 Å². The number of likely N-dealkylation sites (N-methyl/N-ethyl adjacent to an activating group) is 3. The van der Waals surface area contributed by atoms with Gasteiger partial charge in [-0.05, 0) is 56.6 Å². The standard InChI is InChI=1S/C36H44FN7O6/c1-41(2)17-16-38-34(47)30-13-15-32(45)42(3)21-33(46)44-20-25(39-36(49)40-29-11-7-9-23-8-5-6-10-27(23)29)19-26(44)22-50-31-14-12-24(37)18-28(31)35(48)43(30)4/h5-12,14,18,25-26,30H,13,15-17,19-22H2,1-4H3,(H,38,47)(H2,39,40,49)/t25-,26-,30-/m0/s1. The lowest BCUT2D eigenvalue weighted by atomic mass is 10.1. The summed E-state index contributed by atoms with van der Waals surface area (Å²) >= 11 is 0. The third kappa shape index (κ3) is 8.67. The molecule has 13 nitrogen and oxygen atoms in total. The van der Waals surface area contributed by atoms with Gasteiger partial charge in [0.05, 0.1) is 29.9 Å². The Hall–Kier alpha value is -5.24. The number of nitrogens with one attached hydrogen (secondary N) is 3. The highest BCUT2D eigenvalue weighted by Gasteiger charge is 2.38. The summed E-state index contributed by atoms with van der Waals surface area (Å²) in [5.41, 5.74) is 0.539. The summed E-state index contributed by atoms with van der Waals surface area (Å²) in [4.78, 5) is 73.1. The Morgan fingerprint density at radius 3 is 2.54 bits per heavy atom. The molecule has 1 fully saturated rings. The molecule has 0 radical (unpaired) electrons. The molecule has 14 heteroatoms. The molecule has 0 aliphatic carbocycles. The van der Waals surface area contributed by atoms with Crippen molar-refractivity contribution in [3.05, 3.63) is 72.0 Å². The monoisotopic (exact) mass is 689 g/mol. The van der Waals surface area contributed by atoms with Crippen molar-refractivity contribution < 1.29 is 33.1 Å². The first kappa shape index (κ1) is 36.1. The summed E-state index contributed by atoms with van der Waals surface area (Å²) in [6.45, 7) is 0.728. The number of amides is 6. The van der Waals surface area contributed by atoms with Crippen LogP contribution >= 0.6 is 0 Å². The van der Waals surface area contributed by atoms with Crippen molar-refractivity contribution >= 4 is 46.1 Å². The SMILES string of the molecule is CN(C)CCNC(=O)[C@@H]1CCC(=O)N(C)CC(=O)N2C[C@@H](NC(=O)Nc3cccc4ccccc34)C[C@H]2COc2ccc(F)cc2C(=O)N1C. The second-order valence-corrected chi connectivity index (χ2v) is 13.0. The topological polar surface area (TPSA) is 144 Å². The van der Waals surface area contributed by atoms with Gasteiger partial charge in [0.1, 0.15) is 24.2 Å². The van der Waals surface area contributed by atoms with Crippen LogP contribution in [0, 0.1) is 5.82 Å². The molecule has 3 aromatic rings. The third-order valence-electron chi connectivity index (χ3n) is 9.09. The normalized spacial score (nSPS) is 20.5. The molecule has 3 aromatic carbocycles. The number of rotatable bonds is 6. The molecule has 0 unspecified atom stereocenters. The van der Waals surface area contributed by atoms with Gasteiger partial charge in [-0.3, -0.25) is 19.2 Å². The van der Waals surface area contributed by atoms with Gasteiger partial charge in [-0.2, -0.15) is 0 Å². The first-order valence-electron chi connectivity index (χ1n) is 16.6. The molecule has 6 amide bonds. The van der Waals surface area contributed by atoms with E-state index in [4.69, 9.17) is 4.74 Å². The summed E-state index contributed by atoms with van der Waals surface area (Å²) in [5, 5.41) is 10.5. The van der Waals surface area contributed by atoms with E-state index in [-0.39, 0.29) is 55.7 Å². The van der Waals surface area contributed by atoms with E-state index in [0.717, 1.165) is 16.8 Å². The minimum absolute atomic E-state index is 0.0247. The Morgan fingerprint density at radius 2 is 1.76 bits per heavy atom. The molecule has 0 bridgehead atoms. The van der Waals surface area contributed by atoms with Crippen LogP contribution in [0.1, 0.15) is 29.6 Å². The number of carbonyl (C=O) groups is 5. The fraction of sp³-hybridized carbons (Fsp3) is 0.417. The summed E-state index contributed by atoms with van der Waals surface area (Å²) in [6.07, 6.45) is 0.177. The number of anilines is 1. The molecule has 0 saturated carbocycles. The van der Waals surface area contributed by atoms with Gasteiger partial charge >= 0.3 is 6.03 Å². The summed E-state index contributed by atoms with van der Waals surface area (Å²) in [7, 11) is 6.66. The molecule has 2 aliphatic rings. The molecule has 2 heterocycles. The molecule has 0 aromatic heterocycles. The Balaban J connectivity index is 1.36. The lowest BCUT2D eigenvalue weighted by Crippen LogP contribution is -2.49. The highest BCUT2D eigenvalue weighted by Crippen LogP contribution is 2.27. The van der Waals surface area contributed by atoms with E-state index in [1.165, 1.54) is 36.0 Å². The summed E-state index contributed by atoms with van der Waals surface area (Å²) in [5.74, 6) is -2.45. The van der Waals surface area contributed by atoms with E-state index >= 15 is 0 Å². The van der Waals surface area contributed by atoms with Crippen LogP contribution in [0.25, 0.3) is 10.8 Å². The average molecular weight is 690 g/mol. The van der Waals surface area contributed by atoms with Crippen molar-refractivity contribution in [2.75, 3.05) is 66.3 Å². The number of fused-ring (bicyclic) bond motifs is 3. The first-order chi connectivity index (χ1) is 23.9. The van der Waals surface area contributed by atoms with Gasteiger partial charge in [-0.1, -0.05) is 36.4 Å². The lowest BCUT2D eigenvalue weighted by molar-refractivity contribution is -0.140. The molecule has 266 valence electrons. The number of benzene rings is 3. The van der Waals surface area contributed by atoms with Crippen LogP contribution in [0.15, 0.2) is 60.7 Å². The number of halogens is 1. The van der Waals surface area contributed by atoms with Crippen molar-refractivity contribution in [3.63, 3.8) is 0 Å². The first-order valence-corrected chi connectivity index (χ1v) is 16.6. The summed E-state index contributed by atoms with van der Waals surface area (Å²) in [6, 6.07) is 14.4. The van der Waals surface area contributed by atoms with E-state index < -0.39 is 41.8 Å². The van der Waals surface area contributed by atoms with E-state index in [0.29, 0.717) is 25.2 Å². The molecule has 3 atom stereocenters. The zero-order chi connectivity index (χ0) is 35.9. The van der Waals surface area contributed by atoms with Crippen LogP contribution in [0.4, 0.5) is 14.9 Å². The molecule has 3 N–H and O–H groups in total. The van der Waals surface area contributed by atoms with E-state index in [9.17, 15) is 28.4 Å². The zero-order valence-electron chi connectivity index (χ0n) is 28.8. The second-order valence-electron chi connectivity index (χ2n) is 13.0. The predicted molar refractivity (Wildman–Crippen MR) is 186 cm³/mol. The zero-order valence-corrected chi connectivity index (χ0v) is 28.8. The molecule has 1 saturated heterocycles. The van der Waals surface area contributed by atoms with Crippen LogP contribution in [0.2, 0.25) is 0 Å². The van der Waals surface area contributed by atoms with E-state index in [1.54, 1.807) is 4.90 Å². The van der Waals surface area contributed by atoms with Gasteiger partial charge in [0.2, 0.25) is 17.7 Å². The Labute approximate surface area is 290 Å². The minimum atomic E-state index is -1.05. The number of urea groups is 1. The quantitative estimate of drug-likeness (QED) is 0.361. The Bertz CT molecular complexity index is 1750. The van der Waals surface area contributed by atoms with Gasteiger partial charge < -0.3 is 40.3 Å². The molecular weight excluding hydrogens is 645 g/mol. The number of hydrogen-bond donors (Lipinski definition) is 3. The highest BCUT2D eigenvalue weighted by atomic mass is 19.1. The van der Waals surface area contributed by atoms with Gasteiger partial charge in [0, 0.05) is 45.5 Å². The number of carbonyl (C=O) groups excluding carboxylic acids is 5. The number of ether oxygens (including phenoxy) is 1. The van der Waals surface area contributed by atoms with E-state index in [1.807, 2.05) is 61.5 Å². The smallest absolute Gasteiger partial charge is 0.319 e. The van der Waals surface area contributed by atoms with Crippen LogP contribution in [0.5, 0.6) is 5.75 Å². The Morgan fingerprint density at radius 1 is 1.00 bits per heavy atom. The van der Waals surface area contributed by atoms with Crippen molar-refractivity contribution in [2.45, 2.75) is 37.4 Å². The fourth-order valence-electron chi connectivity index (χ4n) is 6.33. The Kier molecular flexibility index (Phi) is 11.5. The number of nitrogens with zero attached hydrogens (tertiary/aromatic N) is 4. The second kappa shape index (κ2) is 16.0. The maximum absolute atomic E-state index is 14.5. The van der Waals surface area contributed by atoms with E-state index in [2.05, 4.69) is 16.0 Å². The molecule has 0 spiro atoms. The minimum Gasteiger partial charge on any atom is -0.491 e. The van der Waals surface area contributed by atoms with Crippen LogP contribution < -0.4 is 20.7 Å². The maximum atomic E-state index is 14.5. The molecule has 5 rings (SSSR count). The van der Waals surface area contributed by atoms with Gasteiger partial charge in [-0.25, -0.2) is 9.18 Å². The lowest BCUT2D eigenvalue weighted by Gasteiger charge is -2.28. The van der Waals surface area contributed by atoms with Crippen LogP contribution in [-0.4, -0.2) is 128 Å². The van der Waals surface area contributed by atoms with Gasteiger partial charge in [0.25, 0.3) is 5.91 Å². The molecule has 2 aliphatic heterocycles. The molecular formula is C36H44FN7O6. The third-order valence-corrected chi connectivity index (χ3v) is 9.09. The predicted octanol–water partition coefficient (Wildman–Crippen LogP) is 2.52. The van der Waals surface area contributed by atoms with Crippen LogP contribution in [0.3, 0.4) is 0 Å². The van der Waals surface area contributed by atoms with Crippen molar-refractivity contribution in [2.24, 2.45) is 0 Å². The van der Waals surface area contributed by atoms with Crippen molar-refractivity contribution in [1.82, 2.24) is 30.2 Å². The van der Waals surface area contributed by atoms with Gasteiger partial charge in [-0.15, -0.1) is 0 Å². The highest BCUT2D eigenvalue weighted by molar-refractivity contribution is 6.02. The van der Waals surface area contributed by atoms with Crippen molar-refractivity contribution in [3.8, 4) is 5.75 Å². The van der Waals surface area contributed by atoms with Crippen LogP contribution in [-0.2, 0) is 14.4 Å². The maximum Gasteiger partial charge on any atom is 0.319 e. The number of hydrogen-bond acceptors (Lipinski definition) is 7. The average Bonchev–Trinajstić information content (AvgIpc) is 3.49. The fourth-order valence-corrected chi connectivity index (χ4v) is 6.33. The largest absolute Gasteiger partial charge is 0.491 e. The molecule has 50 heavy (non-hydrogen) atoms.